The number of hydrogen-bond donors (Lipinski definition) is 1. The number of nitrogens with zero attached hydrogens (tertiary/aromatic N) is 3. The van der Waals surface area contributed by atoms with E-state index in [4.69, 9.17) is 5.10 Å². The van der Waals surface area contributed by atoms with E-state index in [0.717, 1.165) is 29.8 Å². The number of aromatic nitrogens is 2. The molecule has 6 heteroatoms. The minimum absolute atomic E-state index is 0.0363. The van der Waals surface area contributed by atoms with Crippen molar-refractivity contribution in [1.29, 1.82) is 0 Å². The summed E-state index contributed by atoms with van der Waals surface area (Å²) in [4.78, 5) is 28.1. The SMILES string of the molecule is CCCN(CC(=O)Nc1cc(C(C)(C)C)nn1-c1ccc(C)cc1)C(=O)C1CC1c1ccccc1. The number of carbonyl (C=O) groups is 2. The first-order chi connectivity index (χ1) is 16.7. The molecular formula is C29H36N4O2. The van der Waals surface area contributed by atoms with Gasteiger partial charge in [-0.3, -0.25) is 9.59 Å². The third-order valence-electron chi connectivity index (χ3n) is 6.50. The fraction of sp³-hybridized carbons (Fsp3) is 0.414. The Morgan fingerprint density at radius 1 is 1.09 bits per heavy atom. The molecule has 35 heavy (non-hydrogen) atoms. The van der Waals surface area contributed by atoms with Gasteiger partial charge < -0.3 is 10.2 Å². The lowest BCUT2D eigenvalue weighted by Gasteiger charge is -2.22. The molecule has 6 nitrogen and oxygen atoms in total. The van der Waals surface area contributed by atoms with Crippen molar-refractivity contribution < 1.29 is 9.59 Å². The monoisotopic (exact) mass is 472 g/mol. The third kappa shape index (κ3) is 5.81. The maximum atomic E-state index is 13.3. The third-order valence-corrected chi connectivity index (χ3v) is 6.50. The fourth-order valence-corrected chi connectivity index (χ4v) is 4.38. The molecule has 1 saturated carbocycles. The lowest BCUT2D eigenvalue weighted by atomic mass is 9.92. The van der Waals surface area contributed by atoms with Crippen LogP contribution in [0.3, 0.4) is 0 Å². The summed E-state index contributed by atoms with van der Waals surface area (Å²) in [5.74, 6) is 0.683. The number of hydrogen-bond acceptors (Lipinski definition) is 3. The van der Waals surface area contributed by atoms with Gasteiger partial charge in [-0.1, -0.05) is 75.7 Å². The van der Waals surface area contributed by atoms with Crippen molar-refractivity contribution in [3.05, 3.63) is 77.5 Å². The first kappa shape index (κ1) is 24.7. The molecule has 184 valence electrons. The Morgan fingerprint density at radius 3 is 2.40 bits per heavy atom. The summed E-state index contributed by atoms with van der Waals surface area (Å²) in [5.41, 5.74) is 3.96. The van der Waals surface area contributed by atoms with E-state index in [9.17, 15) is 9.59 Å². The van der Waals surface area contributed by atoms with E-state index < -0.39 is 0 Å². The Hall–Kier alpha value is -3.41. The maximum Gasteiger partial charge on any atom is 0.245 e. The molecule has 3 aromatic rings. The molecular weight excluding hydrogens is 436 g/mol. The Bertz CT molecular complexity index is 1180. The average molecular weight is 473 g/mol. The number of nitrogens with one attached hydrogen (secondary N) is 1. The van der Waals surface area contributed by atoms with Crippen molar-refractivity contribution in [2.45, 2.75) is 58.8 Å². The van der Waals surface area contributed by atoms with Crippen LogP contribution in [0.4, 0.5) is 5.82 Å². The van der Waals surface area contributed by atoms with Crippen LogP contribution >= 0.6 is 0 Å². The first-order valence-corrected chi connectivity index (χ1v) is 12.5. The van der Waals surface area contributed by atoms with Gasteiger partial charge in [0.25, 0.3) is 0 Å². The Morgan fingerprint density at radius 2 is 1.77 bits per heavy atom. The summed E-state index contributed by atoms with van der Waals surface area (Å²) >= 11 is 0. The second kappa shape index (κ2) is 10.1. The lowest BCUT2D eigenvalue weighted by Crippen LogP contribution is -2.39. The van der Waals surface area contributed by atoms with E-state index in [1.165, 1.54) is 5.56 Å². The zero-order chi connectivity index (χ0) is 25.2. The van der Waals surface area contributed by atoms with Gasteiger partial charge in [-0.25, -0.2) is 4.68 Å². The fourth-order valence-electron chi connectivity index (χ4n) is 4.38. The van der Waals surface area contributed by atoms with Crippen LogP contribution < -0.4 is 5.32 Å². The summed E-state index contributed by atoms with van der Waals surface area (Å²) in [6, 6.07) is 20.1. The van der Waals surface area contributed by atoms with Crippen molar-refractivity contribution in [1.82, 2.24) is 14.7 Å². The van der Waals surface area contributed by atoms with Gasteiger partial charge in [-0.15, -0.1) is 0 Å². The predicted molar refractivity (Wildman–Crippen MR) is 140 cm³/mol. The van der Waals surface area contributed by atoms with E-state index in [2.05, 4.69) is 38.2 Å². The Kier molecular flexibility index (Phi) is 7.10. The number of carbonyl (C=O) groups excluding carboxylic acids is 2. The zero-order valence-electron chi connectivity index (χ0n) is 21.4. The molecule has 1 heterocycles. The van der Waals surface area contributed by atoms with Crippen LogP contribution in [0.25, 0.3) is 5.69 Å². The second-order valence-electron chi connectivity index (χ2n) is 10.6. The molecule has 0 spiro atoms. The Balaban J connectivity index is 1.49. The summed E-state index contributed by atoms with van der Waals surface area (Å²) in [5, 5.41) is 7.82. The van der Waals surface area contributed by atoms with Crippen LogP contribution in [0.2, 0.25) is 0 Å². The van der Waals surface area contributed by atoms with Gasteiger partial charge in [0.15, 0.2) is 0 Å². The van der Waals surface area contributed by atoms with Crippen LogP contribution in [0.1, 0.15) is 63.3 Å². The lowest BCUT2D eigenvalue weighted by molar-refractivity contribution is -0.136. The van der Waals surface area contributed by atoms with Crippen LogP contribution in [-0.4, -0.2) is 39.6 Å². The van der Waals surface area contributed by atoms with E-state index in [0.29, 0.717) is 12.4 Å². The van der Waals surface area contributed by atoms with Gasteiger partial charge in [0.2, 0.25) is 11.8 Å². The van der Waals surface area contributed by atoms with Gasteiger partial charge in [0.1, 0.15) is 5.82 Å². The first-order valence-electron chi connectivity index (χ1n) is 12.5. The Labute approximate surface area is 208 Å². The van der Waals surface area contributed by atoms with E-state index in [-0.39, 0.29) is 35.6 Å². The van der Waals surface area contributed by atoms with Crippen molar-refractivity contribution >= 4 is 17.6 Å². The molecule has 2 aromatic carbocycles. The highest BCUT2D eigenvalue weighted by molar-refractivity contribution is 5.95. The smallest absolute Gasteiger partial charge is 0.245 e. The molecule has 2 amide bonds. The van der Waals surface area contributed by atoms with Crippen molar-refractivity contribution in [2.75, 3.05) is 18.4 Å². The van der Waals surface area contributed by atoms with Crippen molar-refractivity contribution in [3.8, 4) is 5.69 Å². The standard InChI is InChI=1S/C29H36N4O2/c1-6-16-32(28(35)24-17-23(24)21-10-8-7-9-11-21)19-27(34)30-26-18-25(29(3,4)5)31-33(26)22-14-12-20(2)13-15-22/h7-15,18,23-24H,6,16-17,19H2,1-5H3,(H,30,34). The zero-order valence-corrected chi connectivity index (χ0v) is 21.4. The largest absolute Gasteiger partial charge is 0.333 e. The second-order valence-corrected chi connectivity index (χ2v) is 10.6. The quantitative estimate of drug-likeness (QED) is 0.473. The topological polar surface area (TPSA) is 67.2 Å². The summed E-state index contributed by atoms with van der Waals surface area (Å²) in [7, 11) is 0. The van der Waals surface area contributed by atoms with Crippen LogP contribution in [0.15, 0.2) is 60.7 Å². The summed E-state index contributed by atoms with van der Waals surface area (Å²) < 4.78 is 1.77. The predicted octanol–water partition coefficient (Wildman–Crippen LogP) is 5.46. The van der Waals surface area contributed by atoms with Gasteiger partial charge in [0.05, 0.1) is 17.9 Å². The number of anilines is 1. The minimum Gasteiger partial charge on any atom is -0.333 e. The van der Waals surface area contributed by atoms with Gasteiger partial charge in [0, 0.05) is 23.9 Å². The van der Waals surface area contributed by atoms with Gasteiger partial charge in [-0.2, -0.15) is 5.10 Å². The summed E-state index contributed by atoms with van der Waals surface area (Å²) in [6.07, 6.45) is 1.65. The molecule has 1 aliphatic rings. The molecule has 4 rings (SSSR count). The van der Waals surface area contributed by atoms with Gasteiger partial charge >= 0.3 is 0 Å². The van der Waals surface area contributed by atoms with Crippen LogP contribution in [-0.2, 0) is 15.0 Å². The molecule has 1 aromatic heterocycles. The molecule has 1 aliphatic carbocycles. The minimum atomic E-state index is -0.211. The molecule has 0 radical (unpaired) electrons. The molecule has 1 N–H and O–H groups in total. The normalized spacial score (nSPS) is 17.2. The van der Waals surface area contributed by atoms with Gasteiger partial charge in [-0.05, 0) is 43.4 Å². The van der Waals surface area contributed by atoms with Crippen LogP contribution in [0, 0.1) is 12.8 Å². The van der Waals surface area contributed by atoms with E-state index >= 15 is 0 Å². The van der Waals surface area contributed by atoms with Crippen molar-refractivity contribution in [2.24, 2.45) is 5.92 Å². The van der Waals surface area contributed by atoms with Crippen molar-refractivity contribution in [3.63, 3.8) is 0 Å². The van der Waals surface area contributed by atoms with E-state index in [1.54, 1.807) is 9.58 Å². The number of amides is 2. The highest BCUT2D eigenvalue weighted by Gasteiger charge is 2.45. The van der Waals surface area contributed by atoms with Crippen LogP contribution in [0.5, 0.6) is 0 Å². The number of rotatable bonds is 8. The maximum absolute atomic E-state index is 13.3. The molecule has 0 bridgehead atoms. The molecule has 1 fully saturated rings. The number of benzene rings is 2. The molecule has 0 aliphatic heterocycles. The highest BCUT2D eigenvalue weighted by Crippen LogP contribution is 2.48. The molecule has 2 unspecified atom stereocenters. The number of aryl methyl sites for hydroxylation is 1. The highest BCUT2D eigenvalue weighted by atomic mass is 16.2. The van der Waals surface area contributed by atoms with E-state index in [1.807, 2.05) is 62.4 Å². The molecule has 2 atom stereocenters. The average Bonchev–Trinajstić information content (AvgIpc) is 3.51. The summed E-state index contributed by atoms with van der Waals surface area (Å²) in [6.45, 7) is 11.0. The molecule has 0 saturated heterocycles.